The number of benzene rings is 2. The standard InChI is InChI=1S/C22H21NO6/c1-27-16-9-8-13(12-17(16)28-2)19-18-20(25)14-6-3-4-7-15(14)29-21(18)22(26)23(19)10-5-11-24/h3-4,6-9,12,19,24H,5,10-11H2,1-2H3/t19-/m1/s1. The van der Waals surface area contributed by atoms with E-state index in [4.69, 9.17) is 13.9 Å². The van der Waals surface area contributed by atoms with Gasteiger partial charge in [-0.05, 0) is 36.2 Å². The second-order valence-corrected chi connectivity index (χ2v) is 6.76. The van der Waals surface area contributed by atoms with Crippen molar-refractivity contribution in [2.75, 3.05) is 27.4 Å². The SMILES string of the molecule is COc1ccc([C@@H]2c3c(oc4ccccc4c3=O)C(=O)N2CCCO)cc1OC. The van der Waals surface area contributed by atoms with Gasteiger partial charge in [-0.15, -0.1) is 0 Å². The van der Waals surface area contributed by atoms with Crippen LogP contribution in [0, 0.1) is 0 Å². The molecule has 0 saturated carbocycles. The lowest BCUT2D eigenvalue weighted by atomic mass is 9.98. The lowest BCUT2D eigenvalue weighted by Crippen LogP contribution is -2.31. The molecule has 0 aliphatic carbocycles. The van der Waals surface area contributed by atoms with E-state index in [1.807, 2.05) is 0 Å². The summed E-state index contributed by atoms with van der Waals surface area (Å²) in [4.78, 5) is 28.0. The third-order valence-corrected chi connectivity index (χ3v) is 5.15. The first-order valence-electron chi connectivity index (χ1n) is 9.30. The summed E-state index contributed by atoms with van der Waals surface area (Å²) >= 11 is 0. The molecule has 1 amide bonds. The molecule has 0 unspecified atom stereocenters. The topological polar surface area (TPSA) is 89.2 Å². The minimum Gasteiger partial charge on any atom is -0.493 e. The first-order chi connectivity index (χ1) is 14.1. The molecule has 1 atom stereocenters. The predicted octanol–water partition coefficient (Wildman–Crippen LogP) is 2.74. The van der Waals surface area contributed by atoms with Gasteiger partial charge in [-0.1, -0.05) is 18.2 Å². The van der Waals surface area contributed by atoms with Gasteiger partial charge in [0.2, 0.25) is 5.76 Å². The van der Waals surface area contributed by atoms with Gasteiger partial charge >= 0.3 is 0 Å². The van der Waals surface area contributed by atoms with Crippen molar-refractivity contribution in [3.63, 3.8) is 0 Å². The molecular formula is C22H21NO6. The first kappa shape index (κ1) is 19.0. The minimum atomic E-state index is -0.635. The Morgan fingerprint density at radius 3 is 2.55 bits per heavy atom. The first-order valence-corrected chi connectivity index (χ1v) is 9.30. The van der Waals surface area contributed by atoms with Crippen LogP contribution in [-0.2, 0) is 0 Å². The summed E-state index contributed by atoms with van der Waals surface area (Å²) in [6.07, 6.45) is 0.386. The van der Waals surface area contributed by atoms with Crippen LogP contribution in [0.4, 0.5) is 0 Å². The van der Waals surface area contributed by atoms with Crippen LogP contribution < -0.4 is 14.9 Å². The third-order valence-electron chi connectivity index (χ3n) is 5.15. The normalized spacial score (nSPS) is 15.6. The molecule has 150 valence electrons. The van der Waals surface area contributed by atoms with E-state index < -0.39 is 6.04 Å². The van der Waals surface area contributed by atoms with Gasteiger partial charge in [0.05, 0.1) is 31.2 Å². The monoisotopic (exact) mass is 395 g/mol. The van der Waals surface area contributed by atoms with E-state index in [0.29, 0.717) is 40.0 Å². The van der Waals surface area contributed by atoms with Crippen LogP contribution in [0.3, 0.4) is 0 Å². The van der Waals surface area contributed by atoms with Crippen LogP contribution in [0.5, 0.6) is 11.5 Å². The van der Waals surface area contributed by atoms with E-state index in [0.717, 1.165) is 0 Å². The number of aliphatic hydroxyl groups is 1. The Hall–Kier alpha value is -3.32. The molecule has 3 aromatic rings. The van der Waals surface area contributed by atoms with Gasteiger partial charge in [-0.2, -0.15) is 0 Å². The number of amides is 1. The van der Waals surface area contributed by atoms with Gasteiger partial charge < -0.3 is 23.9 Å². The van der Waals surface area contributed by atoms with Crippen molar-refractivity contribution in [2.24, 2.45) is 0 Å². The highest BCUT2D eigenvalue weighted by Gasteiger charge is 2.42. The minimum absolute atomic E-state index is 0.0476. The largest absolute Gasteiger partial charge is 0.493 e. The molecule has 0 bridgehead atoms. The molecule has 29 heavy (non-hydrogen) atoms. The summed E-state index contributed by atoms with van der Waals surface area (Å²) in [5.74, 6) is 0.731. The highest BCUT2D eigenvalue weighted by Crippen LogP contribution is 2.40. The molecular weight excluding hydrogens is 374 g/mol. The van der Waals surface area contributed by atoms with Crippen molar-refractivity contribution in [1.82, 2.24) is 4.90 Å². The molecule has 1 aliphatic rings. The quantitative estimate of drug-likeness (QED) is 0.690. The van der Waals surface area contributed by atoms with Crippen LogP contribution >= 0.6 is 0 Å². The highest BCUT2D eigenvalue weighted by molar-refractivity contribution is 5.99. The van der Waals surface area contributed by atoms with E-state index in [2.05, 4.69) is 0 Å². The van der Waals surface area contributed by atoms with Crippen LogP contribution in [-0.4, -0.2) is 43.3 Å². The number of carbonyl (C=O) groups is 1. The molecule has 0 radical (unpaired) electrons. The highest BCUT2D eigenvalue weighted by atomic mass is 16.5. The summed E-state index contributed by atoms with van der Waals surface area (Å²) < 4.78 is 16.5. The molecule has 0 saturated heterocycles. The Kier molecular flexibility index (Phi) is 4.98. The number of ether oxygens (including phenoxy) is 2. The average molecular weight is 395 g/mol. The number of rotatable bonds is 6. The Morgan fingerprint density at radius 2 is 1.83 bits per heavy atom. The summed E-state index contributed by atoms with van der Waals surface area (Å²) in [5.41, 5.74) is 1.15. The van der Waals surface area contributed by atoms with Gasteiger partial charge in [0.25, 0.3) is 5.91 Å². The van der Waals surface area contributed by atoms with Crippen LogP contribution in [0.15, 0.2) is 51.7 Å². The third kappa shape index (κ3) is 3.03. The number of hydrogen-bond donors (Lipinski definition) is 1. The van der Waals surface area contributed by atoms with E-state index in [-0.39, 0.29) is 30.2 Å². The number of nitrogens with zero attached hydrogens (tertiary/aromatic N) is 1. The van der Waals surface area contributed by atoms with Crippen molar-refractivity contribution in [3.8, 4) is 11.5 Å². The van der Waals surface area contributed by atoms with Crippen LogP contribution in [0.2, 0.25) is 0 Å². The fraction of sp³-hybridized carbons (Fsp3) is 0.273. The maximum atomic E-state index is 13.3. The zero-order valence-electron chi connectivity index (χ0n) is 16.2. The lowest BCUT2D eigenvalue weighted by molar-refractivity contribution is 0.0716. The number of para-hydroxylation sites is 1. The number of hydrogen-bond acceptors (Lipinski definition) is 6. The smallest absolute Gasteiger partial charge is 0.290 e. The lowest BCUT2D eigenvalue weighted by Gasteiger charge is -2.25. The number of fused-ring (bicyclic) bond motifs is 2. The molecule has 2 aromatic carbocycles. The fourth-order valence-corrected chi connectivity index (χ4v) is 3.81. The zero-order chi connectivity index (χ0) is 20.5. The maximum absolute atomic E-state index is 13.3. The van der Waals surface area contributed by atoms with Crippen molar-refractivity contribution >= 4 is 16.9 Å². The molecule has 0 fully saturated rings. The number of methoxy groups -OCH3 is 2. The average Bonchev–Trinajstić information content (AvgIpc) is 3.03. The van der Waals surface area contributed by atoms with Gasteiger partial charge in [0, 0.05) is 13.2 Å². The van der Waals surface area contributed by atoms with Crippen LogP contribution in [0.25, 0.3) is 11.0 Å². The zero-order valence-corrected chi connectivity index (χ0v) is 16.2. The van der Waals surface area contributed by atoms with Crippen molar-refractivity contribution in [2.45, 2.75) is 12.5 Å². The molecule has 1 aromatic heterocycles. The Bertz CT molecular complexity index is 1140. The van der Waals surface area contributed by atoms with E-state index in [1.165, 1.54) is 7.11 Å². The van der Waals surface area contributed by atoms with Crippen LogP contribution in [0.1, 0.15) is 34.1 Å². The second kappa shape index (κ2) is 7.60. The predicted molar refractivity (Wildman–Crippen MR) is 107 cm³/mol. The molecule has 1 aliphatic heterocycles. The van der Waals surface area contributed by atoms with Gasteiger partial charge in [-0.3, -0.25) is 9.59 Å². The number of carbonyl (C=O) groups excluding carboxylic acids is 1. The summed E-state index contributed by atoms with van der Waals surface area (Å²) in [6.45, 7) is 0.219. The molecule has 2 heterocycles. The van der Waals surface area contributed by atoms with Gasteiger partial charge in [-0.25, -0.2) is 0 Å². The van der Waals surface area contributed by atoms with E-state index in [9.17, 15) is 14.7 Å². The van der Waals surface area contributed by atoms with Crippen molar-refractivity contribution in [1.29, 1.82) is 0 Å². The van der Waals surface area contributed by atoms with Crippen molar-refractivity contribution < 1.29 is 23.8 Å². The van der Waals surface area contributed by atoms with Gasteiger partial charge in [0.15, 0.2) is 16.9 Å². The molecule has 7 nitrogen and oxygen atoms in total. The van der Waals surface area contributed by atoms with E-state index >= 15 is 0 Å². The van der Waals surface area contributed by atoms with E-state index in [1.54, 1.807) is 54.5 Å². The summed E-state index contributed by atoms with van der Waals surface area (Å²) in [7, 11) is 3.07. The molecule has 4 rings (SSSR count). The Labute approximate surface area is 167 Å². The summed E-state index contributed by atoms with van der Waals surface area (Å²) in [5, 5.41) is 9.71. The Morgan fingerprint density at radius 1 is 1.07 bits per heavy atom. The summed E-state index contributed by atoms with van der Waals surface area (Å²) in [6, 6.07) is 11.5. The Balaban J connectivity index is 1.95. The molecule has 0 spiro atoms. The fourth-order valence-electron chi connectivity index (χ4n) is 3.81. The number of aliphatic hydroxyl groups excluding tert-OH is 1. The van der Waals surface area contributed by atoms with Gasteiger partial charge in [0.1, 0.15) is 5.58 Å². The second-order valence-electron chi connectivity index (χ2n) is 6.76. The molecule has 7 heteroatoms. The molecule has 1 N–H and O–H groups in total. The maximum Gasteiger partial charge on any atom is 0.290 e. The van der Waals surface area contributed by atoms with Crippen molar-refractivity contribution in [3.05, 3.63) is 69.6 Å².